The van der Waals surface area contributed by atoms with Gasteiger partial charge in [0.1, 0.15) is 10.8 Å². The van der Waals surface area contributed by atoms with E-state index < -0.39 is 0 Å². The molecule has 0 atom stereocenters. The Hall–Kier alpha value is -2.15. The van der Waals surface area contributed by atoms with Crippen molar-refractivity contribution in [3.8, 4) is 5.75 Å². The number of aromatic nitrogens is 5. The van der Waals surface area contributed by atoms with Crippen LogP contribution >= 0.6 is 11.8 Å². The summed E-state index contributed by atoms with van der Waals surface area (Å²) in [6.45, 7) is 0. The maximum atomic E-state index is 5.11. The summed E-state index contributed by atoms with van der Waals surface area (Å²) in [5.41, 5.74) is 0.633. The first-order valence-corrected chi connectivity index (χ1v) is 6.04. The molecule has 0 saturated carbocycles. The predicted molar refractivity (Wildman–Crippen MR) is 65.7 cm³/mol. The quantitative estimate of drug-likeness (QED) is 0.713. The number of methoxy groups -OCH3 is 1. The Morgan fingerprint density at radius 3 is 2.72 bits per heavy atom. The summed E-state index contributed by atoms with van der Waals surface area (Å²) in [6.07, 6.45) is 0. The number of fused-ring (bicyclic) bond motifs is 1. The maximum absolute atomic E-state index is 5.11. The largest absolute Gasteiger partial charge is 0.497 e. The minimum Gasteiger partial charge on any atom is -0.497 e. The fraction of sp³-hybridized carbons (Fsp3) is 0.0909. The maximum Gasteiger partial charge on any atom is 0.200 e. The smallest absolute Gasteiger partial charge is 0.200 e. The number of hydrogen-bond acceptors (Lipinski definition) is 6. The highest BCUT2D eigenvalue weighted by Gasteiger charge is 2.03. The monoisotopic (exact) mass is 259 g/mol. The van der Waals surface area contributed by atoms with Crippen LogP contribution in [0.4, 0.5) is 0 Å². The van der Waals surface area contributed by atoms with E-state index in [1.165, 1.54) is 4.63 Å². The van der Waals surface area contributed by atoms with E-state index in [2.05, 4.69) is 20.6 Å². The Morgan fingerprint density at radius 1 is 1.11 bits per heavy atom. The van der Waals surface area contributed by atoms with Gasteiger partial charge in [-0.05, 0) is 46.8 Å². The van der Waals surface area contributed by atoms with Crippen LogP contribution in [-0.2, 0) is 0 Å². The van der Waals surface area contributed by atoms with Crippen LogP contribution in [0.1, 0.15) is 0 Å². The molecule has 0 bridgehead atoms. The molecule has 2 heterocycles. The highest BCUT2D eigenvalue weighted by atomic mass is 32.2. The number of tetrazole rings is 1. The van der Waals surface area contributed by atoms with Gasteiger partial charge < -0.3 is 4.74 Å². The molecule has 6 nitrogen and oxygen atoms in total. The van der Waals surface area contributed by atoms with Gasteiger partial charge >= 0.3 is 0 Å². The van der Waals surface area contributed by atoms with Crippen LogP contribution in [0.25, 0.3) is 5.65 Å². The van der Waals surface area contributed by atoms with Crippen LogP contribution < -0.4 is 4.74 Å². The highest BCUT2D eigenvalue weighted by molar-refractivity contribution is 7.99. The topological polar surface area (TPSA) is 65.2 Å². The Kier molecular flexibility index (Phi) is 2.81. The van der Waals surface area contributed by atoms with Crippen molar-refractivity contribution < 1.29 is 4.74 Å². The van der Waals surface area contributed by atoms with Crippen molar-refractivity contribution in [2.45, 2.75) is 9.92 Å². The third-order valence-electron chi connectivity index (χ3n) is 2.33. The average Bonchev–Trinajstić information content (AvgIpc) is 2.87. The zero-order valence-corrected chi connectivity index (χ0v) is 10.3. The molecule has 0 saturated heterocycles. The van der Waals surface area contributed by atoms with Crippen molar-refractivity contribution in [2.24, 2.45) is 0 Å². The van der Waals surface area contributed by atoms with E-state index in [4.69, 9.17) is 4.74 Å². The lowest BCUT2D eigenvalue weighted by molar-refractivity contribution is 0.414. The lowest BCUT2D eigenvalue weighted by Gasteiger charge is -2.02. The molecule has 0 amide bonds. The van der Waals surface area contributed by atoms with Crippen molar-refractivity contribution in [2.75, 3.05) is 7.11 Å². The SMILES string of the molecule is COc1ccc(Sc2ccc3nnnn3n2)cc1. The molecule has 0 unspecified atom stereocenters. The number of nitrogens with zero attached hydrogens (tertiary/aromatic N) is 5. The molecule has 0 aliphatic heterocycles. The standard InChI is InChI=1S/C11H9N5OS/c1-17-8-2-4-9(5-3-8)18-11-7-6-10-12-14-15-16(10)13-11/h2-7H,1H3. The van der Waals surface area contributed by atoms with Gasteiger partial charge in [-0.15, -0.1) is 14.8 Å². The molecule has 0 spiro atoms. The van der Waals surface area contributed by atoms with Gasteiger partial charge in [0.15, 0.2) is 5.65 Å². The van der Waals surface area contributed by atoms with Crippen LogP contribution in [-0.4, -0.2) is 32.4 Å². The van der Waals surface area contributed by atoms with Gasteiger partial charge in [0.2, 0.25) is 0 Å². The summed E-state index contributed by atoms with van der Waals surface area (Å²) in [4.78, 5) is 1.08. The number of hydrogen-bond donors (Lipinski definition) is 0. The third-order valence-corrected chi connectivity index (χ3v) is 3.26. The molecule has 0 fully saturated rings. The minimum absolute atomic E-state index is 0.633. The van der Waals surface area contributed by atoms with Crippen LogP contribution in [0, 0.1) is 0 Å². The fourth-order valence-corrected chi connectivity index (χ4v) is 2.22. The Bertz CT molecular complexity index is 667. The fourth-order valence-electron chi connectivity index (χ4n) is 1.45. The van der Waals surface area contributed by atoms with Gasteiger partial charge in [-0.3, -0.25) is 0 Å². The van der Waals surface area contributed by atoms with E-state index in [9.17, 15) is 0 Å². The number of ether oxygens (including phenoxy) is 1. The first-order valence-electron chi connectivity index (χ1n) is 5.22. The molecule has 0 aliphatic rings. The van der Waals surface area contributed by atoms with Crippen LogP contribution in [0.15, 0.2) is 46.3 Å². The van der Waals surface area contributed by atoms with Crippen LogP contribution in [0.5, 0.6) is 5.75 Å². The summed E-state index contributed by atoms with van der Waals surface area (Å²) >= 11 is 1.54. The minimum atomic E-state index is 0.633. The zero-order chi connectivity index (χ0) is 12.4. The Morgan fingerprint density at radius 2 is 1.94 bits per heavy atom. The van der Waals surface area contributed by atoms with Gasteiger partial charge in [-0.25, -0.2) is 0 Å². The van der Waals surface area contributed by atoms with E-state index in [0.29, 0.717) is 5.65 Å². The highest BCUT2D eigenvalue weighted by Crippen LogP contribution is 2.27. The molecule has 18 heavy (non-hydrogen) atoms. The van der Waals surface area contributed by atoms with E-state index in [0.717, 1.165) is 15.7 Å². The molecule has 2 aromatic heterocycles. The molecule has 0 aliphatic carbocycles. The van der Waals surface area contributed by atoms with E-state index in [1.54, 1.807) is 18.9 Å². The van der Waals surface area contributed by atoms with Gasteiger partial charge in [0.25, 0.3) is 0 Å². The van der Waals surface area contributed by atoms with Crippen molar-refractivity contribution in [3.63, 3.8) is 0 Å². The van der Waals surface area contributed by atoms with Crippen molar-refractivity contribution in [1.82, 2.24) is 25.3 Å². The normalized spacial score (nSPS) is 10.7. The van der Waals surface area contributed by atoms with E-state index >= 15 is 0 Å². The molecular weight excluding hydrogens is 250 g/mol. The average molecular weight is 259 g/mol. The lowest BCUT2D eigenvalue weighted by atomic mass is 10.3. The molecule has 3 aromatic rings. The second kappa shape index (κ2) is 4.61. The summed E-state index contributed by atoms with van der Waals surface area (Å²) < 4.78 is 6.52. The first-order chi connectivity index (χ1) is 8.85. The van der Waals surface area contributed by atoms with Gasteiger partial charge in [-0.2, -0.15) is 0 Å². The predicted octanol–water partition coefficient (Wildman–Crippen LogP) is 1.68. The second-order valence-corrected chi connectivity index (χ2v) is 4.57. The lowest BCUT2D eigenvalue weighted by Crippen LogP contribution is -1.95. The van der Waals surface area contributed by atoms with E-state index in [1.807, 2.05) is 36.4 Å². The number of benzene rings is 1. The molecule has 0 N–H and O–H groups in total. The summed E-state index contributed by atoms with van der Waals surface area (Å²) in [6, 6.07) is 11.5. The zero-order valence-electron chi connectivity index (χ0n) is 9.52. The number of rotatable bonds is 3. The Balaban J connectivity index is 1.85. The second-order valence-electron chi connectivity index (χ2n) is 3.48. The Labute approximate surface area is 107 Å². The summed E-state index contributed by atoms with van der Waals surface area (Å²) in [5, 5.41) is 16.2. The molecule has 3 rings (SSSR count). The molecule has 1 aromatic carbocycles. The molecule has 90 valence electrons. The first kappa shape index (κ1) is 11.0. The summed E-state index contributed by atoms with van der Waals surface area (Å²) in [7, 11) is 1.65. The third kappa shape index (κ3) is 2.12. The van der Waals surface area contributed by atoms with Crippen molar-refractivity contribution in [1.29, 1.82) is 0 Å². The van der Waals surface area contributed by atoms with Crippen molar-refractivity contribution in [3.05, 3.63) is 36.4 Å². The van der Waals surface area contributed by atoms with Gasteiger partial charge in [0, 0.05) is 4.90 Å². The molecular formula is C11H9N5OS. The van der Waals surface area contributed by atoms with Gasteiger partial charge in [0.05, 0.1) is 7.11 Å². The molecule has 7 heteroatoms. The van der Waals surface area contributed by atoms with Crippen molar-refractivity contribution >= 4 is 17.4 Å². The molecule has 0 radical (unpaired) electrons. The van der Waals surface area contributed by atoms with E-state index in [-0.39, 0.29) is 0 Å². The van der Waals surface area contributed by atoms with Crippen LogP contribution in [0.2, 0.25) is 0 Å². The van der Waals surface area contributed by atoms with Crippen LogP contribution in [0.3, 0.4) is 0 Å². The summed E-state index contributed by atoms with van der Waals surface area (Å²) in [5.74, 6) is 0.836. The van der Waals surface area contributed by atoms with Gasteiger partial charge in [-0.1, -0.05) is 11.8 Å².